The Morgan fingerprint density at radius 2 is 2.33 bits per heavy atom. The summed E-state index contributed by atoms with van der Waals surface area (Å²) >= 11 is 1.51. The molecule has 0 saturated carbocycles. The minimum absolute atomic E-state index is 0.459. The highest BCUT2D eigenvalue weighted by Gasteiger charge is 2.06. The summed E-state index contributed by atoms with van der Waals surface area (Å²) in [6, 6.07) is 7.15. The van der Waals surface area contributed by atoms with E-state index >= 15 is 0 Å². The largest absolute Gasteiger partial charge is 0.399 e. The SMILES string of the molecule is Nc1cccc(S(=O)Cc2nccs2)c1. The van der Waals surface area contributed by atoms with Gasteiger partial charge in [-0.25, -0.2) is 4.98 Å². The molecule has 0 radical (unpaired) electrons. The van der Waals surface area contributed by atoms with E-state index in [1.54, 1.807) is 18.3 Å². The summed E-state index contributed by atoms with van der Waals surface area (Å²) in [5, 5.41) is 2.77. The fraction of sp³-hybridized carbons (Fsp3) is 0.100. The summed E-state index contributed by atoms with van der Waals surface area (Å²) in [6.07, 6.45) is 1.72. The Labute approximate surface area is 94.4 Å². The molecule has 1 heterocycles. The second kappa shape index (κ2) is 4.55. The smallest absolute Gasteiger partial charge is 0.105 e. The van der Waals surface area contributed by atoms with Crippen molar-refractivity contribution < 1.29 is 4.21 Å². The molecule has 0 bridgehead atoms. The van der Waals surface area contributed by atoms with Crippen molar-refractivity contribution in [2.24, 2.45) is 0 Å². The molecule has 0 aliphatic carbocycles. The van der Waals surface area contributed by atoms with Crippen LogP contribution in [-0.2, 0) is 16.6 Å². The molecule has 1 aromatic heterocycles. The first-order valence-corrected chi connectivity index (χ1v) is 6.58. The predicted molar refractivity (Wildman–Crippen MR) is 63.1 cm³/mol. The highest BCUT2D eigenvalue weighted by molar-refractivity contribution is 7.84. The number of thiazole rings is 1. The van der Waals surface area contributed by atoms with Crippen LogP contribution in [-0.4, -0.2) is 9.19 Å². The number of hydrogen-bond donors (Lipinski definition) is 1. The average molecular weight is 238 g/mol. The van der Waals surface area contributed by atoms with E-state index in [4.69, 9.17) is 5.73 Å². The van der Waals surface area contributed by atoms with Crippen molar-refractivity contribution in [3.8, 4) is 0 Å². The first-order valence-electron chi connectivity index (χ1n) is 4.38. The fourth-order valence-electron chi connectivity index (χ4n) is 1.18. The van der Waals surface area contributed by atoms with Crippen LogP contribution in [0.2, 0.25) is 0 Å². The number of nitrogens with zero attached hydrogens (tertiary/aromatic N) is 1. The molecule has 0 amide bonds. The quantitative estimate of drug-likeness (QED) is 0.832. The molecule has 1 atom stereocenters. The van der Waals surface area contributed by atoms with Gasteiger partial charge in [-0.1, -0.05) is 6.07 Å². The van der Waals surface area contributed by atoms with Gasteiger partial charge in [0.25, 0.3) is 0 Å². The second-order valence-electron chi connectivity index (χ2n) is 2.99. The molecule has 0 saturated heterocycles. The zero-order chi connectivity index (χ0) is 10.7. The van der Waals surface area contributed by atoms with Crippen LogP contribution in [0.4, 0.5) is 5.69 Å². The summed E-state index contributed by atoms with van der Waals surface area (Å²) in [4.78, 5) is 4.85. The first-order chi connectivity index (χ1) is 7.25. The average Bonchev–Trinajstić information content (AvgIpc) is 2.70. The number of benzene rings is 1. The van der Waals surface area contributed by atoms with Gasteiger partial charge in [-0.05, 0) is 18.2 Å². The highest BCUT2D eigenvalue weighted by Crippen LogP contribution is 2.16. The Morgan fingerprint density at radius 3 is 3.00 bits per heavy atom. The third-order valence-electron chi connectivity index (χ3n) is 1.86. The first kappa shape index (κ1) is 10.3. The normalized spacial score (nSPS) is 12.5. The molecule has 2 aromatic rings. The van der Waals surface area contributed by atoms with Gasteiger partial charge in [-0.3, -0.25) is 4.21 Å². The maximum Gasteiger partial charge on any atom is 0.105 e. The van der Waals surface area contributed by atoms with Gasteiger partial charge in [0.2, 0.25) is 0 Å². The lowest BCUT2D eigenvalue weighted by Crippen LogP contribution is -1.97. The van der Waals surface area contributed by atoms with E-state index in [1.807, 2.05) is 17.5 Å². The van der Waals surface area contributed by atoms with Crippen LogP contribution in [0.1, 0.15) is 5.01 Å². The van der Waals surface area contributed by atoms with Crippen LogP contribution in [0, 0.1) is 0 Å². The topological polar surface area (TPSA) is 56.0 Å². The fourth-order valence-corrected chi connectivity index (χ4v) is 3.13. The molecule has 1 unspecified atom stereocenters. The molecule has 0 spiro atoms. The molecule has 78 valence electrons. The molecule has 2 rings (SSSR count). The van der Waals surface area contributed by atoms with Gasteiger partial charge >= 0.3 is 0 Å². The lowest BCUT2D eigenvalue weighted by atomic mass is 10.3. The second-order valence-corrected chi connectivity index (χ2v) is 5.42. The Kier molecular flexibility index (Phi) is 3.13. The number of nitrogen functional groups attached to an aromatic ring is 1. The number of nitrogens with two attached hydrogens (primary N) is 1. The maximum atomic E-state index is 11.9. The van der Waals surface area contributed by atoms with Gasteiger partial charge in [0.1, 0.15) is 5.01 Å². The molecular weight excluding hydrogens is 228 g/mol. The van der Waals surface area contributed by atoms with Crippen molar-refractivity contribution in [1.29, 1.82) is 0 Å². The van der Waals surface area contributed by atoms with Crippen LogP contribution >= 0.6 is 11.3 Å². The molecule has 5 heteroatoms. The van der Waals surface area contributed by atoms with Gasteiger partial charge in [0.15, 0.2) is 0 Å². The standard InChI is InChI=1S/C10H10N2OS2/c11-8-2-1-3-9(6-8)15(13)7-10-12-4-5-14-10/h1-6H,7,11H2. The summed E-state index contributed by atoms with van der Waals surface area (Å²) in [5.41, 5.74) is 6.26. The molecule has 1 aromatic carbocycles. The van der Waals surface area contributed by atoms with E-state index in [2.05, 4.69) is 4.98 Å². The van der Waals surface area contributed by atoms with Crippen LogP contribution in [0.25, 0.3) is 0 Å². The molecule has 0 fully saturated rings. The third kappa shape index (κ3) is 2.64. The van der Waals surface area contributed by atoms with Crippen LogP contribution < -0.4 is 5.73 Å². The van der Waals surface area contributed by atoms with Gasteiger partial charge in [0, 0.05) is 22.2 Å². The van der Waals surface area contributed by atoms with Crippen LogP contribution in [0.3, 0.4) is 0 Å². The Balaban J connectivity index is 2.15. The van der Waals surface area contributed by atoms with Crippen molar-refractivity contribution >= 4 is 27.8 Å². The molecule has 0 aliphatic heterocycles. The molecule has 2 N–H and O–H groups in total. The number of anilines is 1. The van der Waals surface area contributed by atoms with Crippen molar-refractivity contribution in [1.82, 2.24) is 4.98 Å². The van der Waals surface area contributed by atoms with E-state index < -0.39 is 10.8 Å². The number of aromatic nitrogens is 1. The van der Waals surface area contributed by atoms with Gasteiger partial charge in [0.05, 0.1) is 16.6 Å². The van der Waals surface area contributed by atoms with Gasteiger partial charge in [-0.2, -0.15) is 0 Å². The van der Waals surface area contributed by atoms with E-state index in [-0.39, 0.29) is 0 Å². The van der Waals surface area contributed by atoms with Gasteiger partial charge in [-0.15, -0.1) is 11.3 Å². The maximum absolute atomic E-state index is 11.9. The zero-order valence-corrected chi connectivity index (χ0v) is 9.55. The van der Waals surface area contributed by atoms with E-state index in [1.165, 1.54) is 11.3 Å². The van der Waals surface area contributed by atoms with E-state index in [9.17, 15) is 4.21 Å². The highest BCUT2D eigenvalue weighted by atomic mass is 32.2. The summed E-state index contributed by atoms with van der Waals surface area (Å²) in [7, 11) is -1.06. The van der Waals surface area contributed by atoms with Crippen molar-refractivity contribution in [2.75, 3.05) is 5.73 Å². The third-order valence-corrected chi connectivity index (χ3v) is 4.14. The Bertz CT molecular complexity index is 468. The van der Waals surface area contributed by atoms with Crippen molar-refractivity contribution in [3.05, 3.63) is 40.8 Å². The summed E-state index contributed by atoms with van der Waals surface area (Å²) in [6.45, 7) is 0. The lowest BCUT2D eigenvalue weighted by molar-refractivity contribution is 0.682. The molecule has 0 aliphatic rings. The molecule has 3 nitrogen and oxygen atoms in total. The predicted octanol–water partition coefficient (Wildman–Crippen LogP) is 2.03. The number of hydrogen-bond acceptors (Lipinski definition) is 4. The minimum atomic E-state index is -1.06. The summed E-state index contributed by atoms with van der Waals surface area (Å²) in [5.74, 6) is 0.459. The molecular formula is C10H10N2OS2. The lowest BCUT2D eigenvalue weighted by Gasteiger charge is -2.00. The number of rotatable bonds is 3. The van der Waals surface area contributed by atoms with Gasteiger partial charge < -0.3 is 5.73 Å². The Morgan fingerprint density at radius 1 is 1.47 bits per heavy atom. The van der Waals surface area contributed by atoms with Crippen molar-refractivity contribution in [3.63, 3.8) is 0 Å². The Hall–Kier alpha value is -1.20. The summed E-state index contributed by atoms with van der Waals surface area (Å²) < 4.78 is 11.9. The van der Waals surface area contributed by atoms with E-state index in [0.717, 1.165) is 9.90 Å². The minimum Gasteiger partial charge on any atom is -0.399 e. The van der Waals surface area contributed by atoms with E-state index in [0.29, 0.717) is 11.4 Å². The monoisotopic (exact) mass is 238 g/mol. The molecule has 15 heavy (non-hydrogen) atoms. The van der Waals surface area contributed by atoms with Crippen LogP contribution in [0.5, 0.6) is 0 Å². The van der Waals surface area contributed by atoms with Crippen LogP contribution in [0.15, 0.2) is 40.7 Å². The zero-order valence-electron chi connectivity index (χ0n) is 7.92. The van der Waals surface area contributed by atoms with Crippen molar-refractivity contribution in [2.45, 2.75) is 10.6 Å².